The molecule has 2 aromatic rings. The Morgan fingerprint density at radius 3 is 2.44 bits per heavy atom. The first kappa shape index (κ1) is 25.8. The van der Waals surface area contributed by atoms with Crippen LogP contribution in [0.3, 0.4) is 0 Å². The van der Waals surface area contributed by atoms with Crippen LogP contribution >= 0.6 is 11.3 Å². The Kier molecular flexibility index (Phi) is 8.77. The number of aromatic nitrogens is 1. The molecule has 1 aromatic heterocycles. The second-order valence-corrected chi connectivity index (χ2v) is 10.2. The summed E-state index contributed by atoms with van der Waals surface area (Å²) >= 11 is 1.30. The van der Waals surface area contributed by atoms with Gasteiger partial charge in [-0.2, -0.15) is 0 Å². The van der Waals surface area contributed by atoms with Gasteiger partial charge in [-0.15, -0.1) is 11.3 Å². The van der Waals surface area contributed by atoms with E-state index in [0.29, 0.717) is 17.1 Å². The minimum absolute atomic E-state index is 0.0140. The van der Waals surface area contributed by atoms with Crippen LogP contribution in [0.15, 0.2) is 35.8 Å². The van der Waals surface area contributed by atoms with E-state index in [4.69, 9.17) is 0 Å². The second-order valence-electron chi connectivity index (χ2n) is 9.31. The van der Waals surface area contributed by atoms with E-state index in [0.717, 1.165) is 25.7 Å². The van der Waals surface area contributed by atoms with Gasteiger partial charge >= 0.3 is 0 Å². The normalized spacial score (nSPS) is 15.1. The second kappa shape index (κ2) is 11.6. The molecule has 3 amide bonds. The van der Waals surface area contributed by atoms with Crippen molar-refractivity contribution in [2.24, 2.45) is 0 Å². The number of nitrogens with one attached hydrogen (secondary N) is 2. The summed E-state index contributed by atoms with van der Waals surface area (Å²) in [5.41, 5.74) is 0.0890. The van der Waals surface area contributed by atoms with Crippen LogP contribution in [0.25, 0.3) is 0 Å². The Hall–Kier alpha value is -2.81. The smallest absolute Gasteiger partial charge is 0.247 e. The summed E-state index contributed by atoms with van der Waals surface area (Å²) in [5, 5.41) is 7.99. The molecule has 1 heterocycles. The number of benzene rings is 1. The summed E-state index contributed by atoms with van der Waals surface area (Å²) in [5.74, 6) is -1.27. The van der Waals surface area contributed by atoms with E-state index in [9.17, 15) is 18.8 Å². The molecule has 0 radical (unpaired) electrons. The molecule has 3 rings (SSSR count). The quantitative estimate of drug-likeness (QED) is 0.502. The highest BCUT2D eigenvalue weighted by Gasteiger charge is 2.38. The molecule has 0 bridgehead atoms. The number of amides is 3. The van der Waals surface area contributed by atoms with Crippen LogP contribution < -0.4 is 10.6 Å². The summed E-state index contributed by atoms with van der Waals surface area (Å²) in [7, 11) is 0. The molecular formula is C25H33FN4O3S. The molecule has 1 aliphatic carbocycles. The van der Waals surface area contributed by atoms with Gasteiger partial charge in [-0.25, -0.2) is 9.37 Å². The zero-order valence-corrected chi connectivity index (χ0v) is 20.8. The maximum Gasteiger partial charge on any atom is 0.247 e. The van der Waals surface area contributed by atoms with Crippen LogP contribution in [0, 0.1) is 5.82 Å². The highest BCUT2D eigenvalue weighted by atomic mass is 32.1. The fourth-order valence-electron chi connectivity index (χ4n) is 4.13. The molecule has 184 valence electrons. The monoisotopic (exact) mass is 488 g/mol. The number of carbonyl (C=O) groups excluding carboxylic acids is 3. The first-order chi connectivity index (χ1) is 16.2. The predicted molar refractivity (Wildman–Crippen MR) is 131 cm³/mol. The van der Waals surface area contributed by atoms with Crippen molar-refractivity contribution in [3.8, 4) is 0 Å². The zero-order chi connectivity index (χ0) is 24.7. The van der Waals surface area contributed by atoms with Crippen molar-refractivity contribution in [2.75, 3.05) is 5.32 Å². The van der Waals surface area contributed by atoms with E-state index in [2.05, 4.69) is 15.6 Å². The lowest BCUT2D eigenvalue weighted by Gasteiger charge is -2.38. The van der Waals surface area contributed by atoms with Gasteiger partial charge in [0, 0.05) is 36.0 Å². The van der Waals surface area contributed by atoms with E-state index < -0.39 is 17.4 Å². The lowest BCUT2D eigenvalue weighted by atomic mass is 9.97. The molecule has 2 N–H and O–H groups in total. The lowest BCUT2D eigenvalue weighted by Crippen LogP contribution is -2.52. The number of hydrogen-bond donors (Lipinski definition) is 2. The molecule has 0 saturated heterocycles. The summed E-state index contributed by atoms with van der Waals surface area (Å²) in [6.45, 7) is 5.84. The minimum Gasteiger partial charge on any atom is -0.349 e. The van der Waals surface area contributed by atoms with Gasteiger partial charge in [-0.3, -0.25) is 14.4 Å². The number of halogens is 1. The topological polar surface area (TPSA) is 91.4 Å². The third-order valence-electron chi connectivity index (χ3n) is 6.31. The number of anilines is 1. The van der Waals surface area contributed by atoms with Crippen LogP contribution in [0.5, 0.6) is 0 Å². The third-order valence-corrected chi connectivity index (χ3v) is 7.00. The number of thiazole rings is 1. The molecule has 0 unspecified atom stereocenters. The molecule has 1 aromatic carbocycles. The Morgan fingerprint density at radius 1 is 1.18 bits per heavy atom. The highest BCUT2D eigenvalue weighted by molar-refractivity contribution is 7.13. The van der Waals surface area contributed by atoms with Crippen LogP contribution in [-0.2, 0) is 14.4 Å². The Morgan fingerprint density at radius 2 is 1.85 bits per heavy atom. The van der Waals surface area contributed by atoms with E-state index in [1.54, 1.807) is 28.6 Å². The number of hydrogen-bond acceptors (Lipinski definition) is 5. The summed E-state index contributed by atoms with van der Waals surface area (Å²) in [6, 6.07) is 4.72. The van der Waals surface area contributed by atoms with Crippen LogP contribution in [0.2, 0.25) is 0 Å². The first-order valence-electron chi connectivity index (χ1n) is 11.8. The Labute approximate surface area is 204 Å². The van der Waals surface area contributed by atoms with Crippen LogP contribution in [-0.4, -0.2) is 39.2 Å². The summed E-state index contributed by atoms with van der Waals surface area (Å²) in [6.07, 6.45) is 5.78. The lowest BCUT2D eigenvalue weighted by molar-refractivity contribution is -0.144. The standard InChI is InChI=1S/C25H33FN4O3S/c1-4-25(2,3)29-23(33)22(17-9-11-18(26)12-10-17)30(19-7-5-6-8-19)21(32)14-13-20(31)28-24-27-15-16-34-24/h9-12,15-16,19,22H,4-8,13-14H2,1-3H3,(H,29,33)(H,27,28,31)/t22-/m1/s1. The SMILES string of the molecule is CCC(C)(C)NC(=O)[C@@H](c1ccc(F)cc1)N(C(=O)CCC(=O)Nc1nccs1)C1CCCC1. The summed E-state index contributed by atoms with van der Waals surface area (Å²) in [4.78, 5) is 45.1. The van der Waals surface area contributed by atoms with Crippen molar-refractivity contribution in [2.45, 2.75) is 83.3 Å². The van der Waals surface area contributed by atoms with Crippen molar-refractivity contribution < 1.29 is 18.8 Å². The fourth-order valence-corrected chi connectivity index (χ4v) is 4.68. The van der Waals surface area contributed by atoms with Crippen molar-refractivity contribution in [1.82, 2.24) is 15.2 Å². The first-order valence-corrected chi connectivity index (χ1v) is 12.7. The van der Waals surface area contributed by atoms with Crippen LogP contribution in [0.1, 0.15) is 77.3 Å². The molecule has 0 aliphatic heterocycles. The van der Waals surface area contributed by atoms with Crippen molar-refractivity contribution in [1.29, 1.82) is 0 Å². The van der Waals surface area contributed by atoms with Crippen LogP contribution in [0.4, 0.5) is 9.52 Å². The largest absolute Gasteiger partial charge is 0.349 e. The van der Waals surface area contributed by atoms with E-state index in [-0.39, 0.29) is 36.6 Å². The van der Waals surface area contributed by atoms with Crippen molar-refractivity contribution in [3.63, 3.8) is 0 Å². The van der Waals surface area contributed by atoms with Gasteiger partial charge in [0.25, 0.3) is 0 Å². The highest BCUT2D eigenvalue weighted by Crippen LogP contribution is 2.33. The van der Waals surface area contributed by atoms with Gasteiger partial charge in [0.05, 0.1) is 0 Å². The Bertz CT molecular complexity index is 973. The number of carbonyl (C=O) groups is 3. The van der Waals surface area contributed by atoms with E-state index in [1.807, 2.05) is 20.8 Å². The van der Waals surface area contributed by atoms with Gasteiger partial charge in [0.2, 0.25) is 17.7 Å². The molecule has 7 nitrogen and oxygen atoms in total. The van der Waals surface area contributed by atoms with Gasteiger partial charge in [0.15, 0.2) is 5.13 Å². The summed E-state index contributed by atoms with van der Waals surface area (Å²) < 4.78 is 13.7. The van der Waals surface area contributed by atoms with Crippen molar-refractivity contribution in [3.05, 3.63) is 47.2 Å². The predicted octanol–water partition coefficient (Wildman–Crippen LogP) is 4.82. The zero-order valence-electron chi connectivity index (χ0n) is 20.0. The average Bonchev–Trinajstić information content (AvgIpc) is 3.51. The molecule has 1 fully saturated rings. The van der Waals surface area contributed by atoms with Crippen molar-refractivity contribution >= 4 is 34.2 Å². The molecule has 1 saturated carbocycles. The van der Waals surface area contributed by atoms with Gasteiger partial charge in [-0.1, -0.05) is 31.9 Å². The van der Waals surface area contributed by atoms with Gasteiger partial charge in [-0.05, 0) is 50.8 Å². The van der Waals surface area contributed by atoms with E-state index >= 15 is 0 Å². The number of rotatable bonds is 10. The van der Waals surface area contributed by atoms with Gasteiger partial charge in [0.1, 0.15) is 11.9 Å². The molecule has 34 heavy (non-hydrogen) atoms. The van der Waals surface area contributed by atoms with Gasteiger partial charge < -0.3 is 15.5 Å². The third kappa shape index (κ3) is 6.85. The molecule has 1 atom stereocenters. The average molecular weight is 489 g/mol. The minimum atomic E-state index is -0.899. The Balaban J connectivity index is 1.86. The maximum absolute atomic E-state index is 13.7. The molecule has 9 heteroatoms. The maximum atomic E-state index is 13.7. The molecule has 0 spiro atoms. The van der Waals surface area contributed by atoms with E-state index in [1.165, 1.54) is 23.5 Å². The molecule has 1 aliphatic rings. The molecular weight excluding hydrogens is 455 g/mol. The fraction of sp³-hybridized carbons (Fsp3) is 0.520. The number of nitrogens with zero attached hydrogens (tertiary/aromatic N) is 2.